The largest absolute Gasteiger partial charge is 0.373 e. The number of nitrogens with one attached hydrogen (secondary N) is 1. The average Bonchev–Trinajstić information content (AvgIpc) is 2.37. The predicted molar refractivity (Wildman–Crippen MR) is 83.4 cm³/mol. The summed E-state index contributed by atoms with van der Waals surface area (Å²) in [5.74, 6) is 0.834. The van der Waals surface area contributed by atoms with E-state index in [9.17, 15) is 0 Å². The predicted octanol–water partition coefficient (Wildman–Crippen LogP) is 3.89. The summed E-state index contributed by atoms with van der Waals surface area (Å²) in [5.41, 5.74) is 0.618. The molecule has 4 nitrogen and oxygen atoms in total. The molecule has 1 rings (SSSR count). The molecule has 0 aliphatic heterocycles. The zero-order valence-corrected chi connectivity index (χ0v) is 13.6. The van der Waals surface area contributed by atoms with Crippen LogP contribution in [0.15, 0.2) is 12.1 Å². The van der Waals surface area contributed by atoms with Crippen LogP contribution < -0.4 is 5.32 Å². The van der Waals surface area contributed by atoms with Gasteiger partial charge in [-0.25, -0.2) is 4.98 Å². The minimum absolute atomic E-state index is 0.136. The third-order valence-corrected chi connectivity index (χ3v) is 2.82. The highest BCUT2D eigenvalue weighted by Crippen LogP contribution is 2.17. The maximum Gasteiger partial charge on any atom is 0.126 e. The quantitative estimate of drug-likeness (QED) is 0.740. The Morgan fingerprint density at radius 2 is 2.00 bits per heavy atom. The van der Waals surface area contributed by atoms with Gasteiger partial charge < -0.3 is 14.8 Å². The third kappa shape index (κ3) is 7.08. The third-order valence-electron chi connectivity index (χ3n) is 2.48. The summed E-state index contributed by atoms with van der Waals surface area (Å²) in [6.45, 7) is 10.6. The summed E-state index contributed by atoms with van der Waals surface area (Å²) in [7, 11) is 0. The lowest BCUT2D eigenvalue weighted by Gasteiger charge is -2.19. The first-order valence-corrected chi connectivity index (χ1v) is 7.41. The van der Waals surface area contributed by atoms with Crippen LogP contribution in [-0.2, 0) is 16.1 Å². The minimum Gasteiger partial charge on any atom is -0.373 e. The van der Waals surface area contributed by atoms with Gasteiger partial charge in [0.25, 0.3) is 0 Å². The highest BCUT2D eigenvalue weighted by molar-refractivity contribution is 6.31. The fraction of sp³-hybridized carbons (Fsp3) is 0.667. The van der Waals surface area contributed by atoms with Gasteiger partial charge in [0.1, 0.15) is 5.82 Å². The van der Waals surface area contributed by atoms with Crippen molar-refractivity contribution in [3.05, 3.63) is 22.8 Å². The molecule has 20 heavy (non-hydrogen) atoms. The first-order chi connectivity index (χ1) is 9.42. The molecule has 0 unspecified atom stereocenters. The van der Waals surface area contributed by atoms with Crippen LogP contribution in [0.3, 0.4) is 0 Å². The Labute approximate surface area is 126 Å². The van der Waals surface area contributed by atoms with Crippen molar-refractivity contribution >= 4 is 17.4 Å². The van der Waals surface area contributed by atoms with Crippen LogP contribution in [0.2, 0.25) is 5.02 Å². The van der Waals surface area contributed by atoms with Crippen molar-refractivity contribution in [2.24, 2.45) is 0 Å². The van der Waals surface area contributed by atoms with E-state index < -0.39 is 0 Å². The number of anilines is 1. The molecule has 0 fully saturated rings. The van der Waals surface area contributed by atoms with E-state index in [2.05, 4.69) is 17.2 Å². The van der Waals surface area contributed by atoms with Crippen molar-refractivity contribution in [2.75, 3.05) is 25.1 Å². The normalized spacial score (nSPS) is 11.7. The van der Waals surface area contributed by atoms with E-state index in [0.717, 1.165) is 24.5 Å². The van der Waals surface area contributed by atoms with Gasteiger partial charge in [0, 0.05) is 6.54 Å². The van der Waals surface area contributed by atoms with Gasteiger partial charge >= 0.3 is 0 Å². The van der Waals surface area contributed by atoms with Crippen LogP contribution in [0.4, 0.5) is 5.82 Å². The number of ether oxygens (including phenoxy) is 2. The number of pyridine rings is 1. The number of halogens is 1. The van der Waals surface area contributed by atoms with Crippen molar-refractivity contribution in [3.63, 3.8) is 0 Å². The molecule has 1 N–H and O–H groups in total. The van der Waals surface area contributed by atoms with E-state index in [4.69, 9.17) is 21.1 Å². The van der Waals surface area contributed by atoms with Crippen molar-refractivity contribution in [1.29, 1.82) is 0 Å². The lowest BCUT2D eigenvalue weighted by Crippen LogP contribution is -2.21. The van der Waals surface area contributed by atoms with Gasteiger partial charge in [-0.2, -0.15) is 0 Å². The molecule has 0 saturated heterocycles. The Balaban J connectivity index is 2.38. The first-order valence-electron chi connectivity index (χ1n) is 7.03. The van der Waals surface area contributed by atoms with E-state index in [0.29, 0.717) is 24.8 Å². The lowest BCUT2D eigenvalue weighted by atomic mass is 10.2. The monoisotopic (exact) mass is 300 g/mol. The Bertz CT molecular complexity index is 405. The maximum atomic E-state index is 6.11. The molecule has 0 atom stereocenters. The molecule has 1 heterocycles. The second-order valence-electron chi connectivity index (χ2n) is 5.57. The van der Waals surface area contributed by atoms with Gasteiger partial charge in [-0.3, -0.25) is 0 Å². The van der Waals surface area contributed by atoms with Crippen LogP contribution >= 0.6 is 11.6 Å². The molecule has 0 saturated carbocycles. The number of nitrogens with zero attached hydrogens (tertiary/aromatic N) is 1. The highest BCUT2D eigenvalue weighted by Gasteiger charge is 2.09. The molecule has 1 aromatic rings. The summed E-state index contributed by atoms with van der Waals surface area (Å²) < 4.78 is 11.1. The fourth-order valence-corrected chi connectivity index (χ4v) is 1.67. The number of hydrogen-bond donors (Lipinski definition) is 1. The summed E-state index contributed by atoms with van der Waals surface area (Å²) in [5, 5.41) is 3.86. The number of hydrogen-bond acceptors (Lipinski definition) is 4. The Morgan fingerprint density at radius 3 is 2.65 bits per heavy atom. The van der Waals surface area contributed by atoms with Crippen LogP contribution in [0, 0.1) is 0 Å². The first kappa shape index (κ1) is 17.2. The minimum atomic E-state index is -0.136. The second-order valence-corrected chi connectivity index (χ2v) is 5.97. The maximum absolute atomic E-state index is 6.11. The van der Waals surface area contributed by atoms with Crippen molar-refractivity contribution in [2.45, 2.75) is 46.3 Å². The Hall–Kier alpha value is -0.840. The summed E-state index contributed by atoms with van der Waals surface area (Å²) in [6.07, 6.45) is 1.06. The second kappa shape index (κ2) is 8.45. The molecule has 0 aliphatic carbocycles. The zero-order chi connectivity index (χ0) is 15.0. The van der Waals surface area contributed by atoms with Gasteiger partial charge in [-0.15, -0.1) is 0 Å². The summed E-state index contributed by atoms with van der Waals surface area (Å²) in [6, 6.07) is 3.72. The molecule has 0 radical (unpaired) electrons. The van der Waals surface area contributed by atoms with Crippen molar-refractivity contribution < 1.29 is 9.47 Å². The van der Waals surface area contributed by atoms with Gasteiger partial charge in [0.2, 0.25) is 0 Å². The summed E-state index contributed by atoms with van der Waals surface area (Å²) >= 11 is 6.11. The SMILES string of the molecule is CCCNc1ccc(Cl)c(COCCOC(C)(C)C)n1. The van der Waals surface area contributed by atoms with Crippen LogP contribution in [0.1, 0.15) is 39.8 Å². The molecule has 5 heteroatoms. The molecular formula is C15H25ClN2O2. The average molecular weight is 301 g/mol. The molecule has 0 aromatic carbocycles. The van der Waals surface area contributed by atoms with Crippen molar-refractivity contribution in [1.82, 2.24) is 4.98 Å². The smallest absolute Gasteiger partial charge is 0.126 e. The number of rotatable bonds is 8. The van der Waals surface area contributed by atoms with E-state index in [-0.39, 0.29) is 5.60 Å². The van der Waals surface area contributed by atoms with Crippen LogP contribution in [0.25, 0.3) is 0 Å². The molecule has 1 aromatic heterocycles. The molecule has 0 bridgehead atoms. The van der Waals surface area contributed by atoms with Gasteiger partial charge in [0.05, 0.1) is 36.1 Å². The Morgan fingerprint density at radius 1 is 1.25 bits per heavy atom. The topological polar surface area (TPSA) is 43.4 Å². The standard InChI is InChI=1S/C15H25ClN2O2/c1-5-8-17-14-7-6-12(16)13(18-14)11-19-9-10-20-15(2,3)4/h6-7H,5,8-11H2,1-4H3,(H,17,18). The molecule has 0 spiro atoms. The fourth-order valence-electron chi connectivity index (χ4n) is 1.51. The molecule has 0 aliphatic rings. The number of aromatic nitrogens is 1. The van der Waals surface area contributed by atoms with E-state index >= 15 is 0 Å². The van der Waals surface area contributed by atoms with Crippen LogP contribution in [-0.4, -0.2) is 30.3 Å². The zero-order valence-electron chi connectivity index (χ0n) is 12.8. The lowest BCUT2D eigenvalue weighted by molar-refractivity contribution is -0.0380. The molecule has 0 amide bonds. The van der Waals surface area contributed by atoms with Crippen molar-refractivity contribution in [3.8, 4) is 0 Å². The van der Waals surface area contributed by atoms with Crippen LogP contribution in [0.5, 0.6) is 0 Å². The van der Waals surface area contributed by atoms with Gasteiger partial charge in [-0.05, 0) is 39.3 Å². The van der Waals surface area contributed by atoms with E-state index in [1.54, 1.807) is 0 Å². The molecule has 114 valence electrons. The Kier molecular flexibility index (Phi) is 7.27. The molecular weight excluding hydrogens is 276 g/mol. The van der Waals surface area contributed by atoms with Gasteiger partial charge in [0.15, 0.2) is 0 Å². The van der Waals surface area contributed by atoms with Gasteiger partial charge in [-0.1, -0.05) is 18.5 Å². The van der Waals surface area contributed by atoms with E-state index in [1.165, 1.54) is 0 Å². The summed E-state index contributed by atoms with van der Waals surface area (Å²) in [4.78, 5) is 4.45. The van der Waals surface area contributed by atoms with E-state index in [1.807, 2.05) is 32.9 Å². The highest BCUT2D eigenvalue weighted by atomic mass is 35.5.